The summed E-state index contributed by atoms with van der Waals surface area (Å²) in [6.07, 6.45) is 1.18. The quantitative estimate of drug-likeness (QED) is 0.347. The molecule has 0 amide bonds. The van der Waals surface area contributed by atoms with Gasteiger partial charge in [-0.3, -0.25) is 4.99 Å². The Balaban J connectivity index is -0.00000000601. The van der Waals surface area contributed by atoms with Crippen LogP contribution in [0.5, 0.6) is 17.2 Å². The molecule has 2 heterocycles. The van der Waals surface area contributed by atoms with E-state index in [0.29, 0.717) is 40.8 Å². The number of rotatable bonds is 6. The van der Waals surface area contributed by atoms with Crippen LogP contribution in [0.25, 0.3) is 5.57 Å². The minimum atomic E-state index is -0.692. The molecule has 7 nitrogen and oxygen atoms in total. The zero-order valence-electron chi connectivity index (χ0n) is 27.8. The summed E-state index contributed by atoms with van der Waals surface area (Å²) in [5.74, 6) is 2.45. The van der Waals surface area contributed by atoms with Gasteiger partial charge in [0.25, 0.3) is 0 Å². The largest absolute Gasteiger partial charge is 0.493 e. The molecule has 3 N–H and O–H groups in total. The first kappa shape index (κ1) is 21.3. The Kier molecular flexibility index (Phi) is 5.07. The summed E-state index contributed by atoms with van der Waals surface area (Å²) in [6, 6.07) is 2.00. The van der Waals surface area contributed by atoms with Crippen LogP contribution in [-0.4, -0.2) is 36.3 Å². The van der Waals surface area contributed by atoms with E-state index in [1.807, 2.05) is 13.0 Å². The summed E-state index contributed by atoms with van der Waals surface area (Å²) in [5.41, 5.74) is 10.4. The maximum atomic E-state index is 8.70. The number of benzene rings is 1. The van der Waals surface area contributed by atoms with E-state index in [9.17, 15) is 0 Å². The minimum absolute atomic E-state index is 0. The number of anilines is 1. The number of nitrogens with zero attached hydrogens (tertiary/aromatic N) is 2. The van der Waals surface area contributed by atoms with E-state index in [4.69, 9.17) is 27.3 Å². The number of nitrogens with one attached hydrogen (secondary N) is 1. The molecular weight excluding hydrogens is 440 g/mol. The number of ether oxygens (including phenoxy) is 3. The zero-order chi connectivity index (χ0) is 30.8. The molecule has 7 heteroatoms. The van der Waals surface area contributed by atoms with Crippen molar-refractivity contribution in [2.24, 2.45) is 16.3 Å². The molecule has 1 aliphatic heterocycles. The maximum Gasteiger partial charge on any atom is 0.204 e. The fourth-order valence-corrected chi connectivity index (χ4v) is 5.72. The van der Waals surface area contributed by atoms with Crippen LogP contribution in [0, 0.1) is 11.3 Å². The summed E-state index contributed by atoms with van der Waals surface area (Å²) < 4.78 is 47.7. The van der Waals surface area contributed by atoms with Crippen molar-refractivity contribution in [2.45, 2.75) is 72.8 Å². The molecule has 1 saturated carbocycles. The van der Waals surface area contributed by atoms with Gasteiger partial charge in [-0.05, 0) is 62.3 Å². The van der Waals surface area contributed by atoms with Gasteiger partial charge in [-0.25, -0.2) is 4.98 Å². The first-order chi connectivity index (χ1) is 18.7. The molecule has 0 bridgehead atoms. The van der Waals surface area contributed by atoms with Crippen molar-refractivity contribution in [3.05, 3.63) is 40.0 Å². The number of aromatic nitrogens is 2. The fraction of sp³-hybridized carbons (Fsp3) is 0.571. The molecule has 298 valence electrons. The molecule has 1 aromatic heterocycles. The van der Waals surface area contributed by atoms with Gasteiger partial charge in [0.15, 0.2) is 17.4 Å². The first-order valence-electron chi connectivity index (χ1n) is 14.8. The molecule has 0 radical (unpaired) electrons. The van der Waals surface area contributed by atoms with Crippen LogP contribution in [0.15, 0.2) is 22.8 Å². The molecule has 4 rings (SSSR count). The molecule has 1 aromatic carbocycles. The van der Waals surface area contributed by atoms with Crippen LogP contribution in [0.2, 0.25) is 0 Å². The van der Waals surface area contributed by atoms with E-state index in [2.05, 4.69) is 63.4 Å². The van der Waals surface area contributed by atoms with Crippen LogP contribution in [0.4, 0.5) is 5.95 Å². The molecule has 2 aliphatic rings. The number of fused-ring (bicyclic) bond motifs is 1. The summed E-state index contributed by atoms with van der Waals surface area (Å²) in [7, 11) is 3.32. The van der Waals surface area contributed by atoms with E-state index in [1.165, 1.54) is 5.57 Å². The van der Waals surface area contributed by atoms with Gasteiger partial charge in [0.05, 0.1) is 15.1 Å². The zero-order valence-corrected chi connectivity index (χ0v) is 22.8. The topological polar surface area (TPSA) is 94.8 Å². The Hall–Kier alpha value is -2.96. The number of methoxy groups -OCH3 is 1. The normalized spacial score (nSPS) is 24.5. The van der Waals surface area contributed by atoms with Gasteiger partial charge < -0.3 is 24.9 Å². The third-order valence-corrected chi connectivity index (χ3v) is 8.18. The number of nitrogen functional groups attached to an aromatic ring is 1. The molecule has 0 saturated heterocycles. The first-order valence-corrected chi connectivity index (χ1v) is 12.3. The lowest BCUT2D eigenvalue weighted by Crippen LogP contribution is -2.41. The minimum Gasteiger partial charge on any atom is -0.493 e. The second-order valence-corrected chi connectivity index (χ2v) is 11.1. The average Bonchev–Trinajstić information content (AvgIpc) is 3.58. The van der Waals surface area contributed by atoms with Gasteiger partial charge in [0.1, 0.15) is 11.1 Å². The van der Waals surface area contributed by atoms with E-state index < -0.39 is 11.0 Å². The summed E-state index contributed by atoms with van der Waals surface area (Å²) in [5, 5.41) is 0. The van der Waals surface area contributed by atoms with Crippen LogP contribution in [-0.2, 0) is 5.41 Å². The summed E-state index contributed by atoms with van der Waals surface area (Å²) in [6.45, 7) is 17.7. The lowest BCUT2D eigenvalue weighted by Gasteiger charge is -2.42. The highest BCUT2D eigenvalue weighted by Crippen LogP contribution is 2.64. The number of aromatic amines is 1. The number of hydrogen-bond donors (Lipinski definition) is 2. The predicted octanol–water partition coefficient (Wildman–Crippen LogP) is 18.5. The smallest absolute Gasteiger partial charge is 0.204 e. The highest BCUT2D eigenvalue weighted by atomic mass is 16.5. The third-order valence-electron chi connectivity index (χ3n) is 8.18. The van der Waals surface area contributed by atoms with Crippen LogP contribution >= 0.6 is 0 Å². The number of allylic oxidation sites excluding steroid dienone is 1. The van der Waals surface area contributed by atoms with Crippen molar-refractivity contribution in [3.8, 4) is 17.2 Å². The molecule has 2 aromatic rings. The summed E-state index contributed by atoms with van der Waals surface area (Å²) in [4.78, 5) is 11.6. The van der Waals surface area contributed by atoms with E-state index >= 15 is 0 Å². The van der Waals surface area contributed by atoms with E-state index in [1.54, 1.807) is 14.2 Å². The van der Waals surface area contributed by atoms with Crippen molar-refractivity contribution in [2.75, 3.05) is 26.5 Å². The number of nitrogens with two attached hydrogens (primary N) is 1. The number of hydrogen-bond acceptors (Lipinski definition) is 6. The Labute approximate surface area is 293 Å². The number of H-pyrrole nitrogens is 1. The van der Waals surface area contributed by atoms with E-state index in [0.717, 1.165) is 23.1 Å². The van der Waals surface area contributed by atoms with Crippen LogP contribution < -0.4 is 25.4 Å². The van der Waals surface area contributed by atoms with Crippen molar-refractivity contribution >= 4 is 11.5 Å². The Morgan fingerprint density at radius 2 is 2.06 bits per heavy atom. The highest BCUT2D eigenvalue weighted by molar-refractivity contribution is 5.83. The van der Waals surface area contributed by atoms with Crippen LogP contribution in [0.3, 0.4) is 0 Å². The monoisotopic (exact) mass is 594 g/mol. The van der Waals surface area contributed by atoms with Gasteiger partial charge in [-0.2, -0.15) is 0 Å². The van der Waals surface area contributed by atoms with Crippen molar-refractivity contribution in [3.63, 3.8) is 0 Å². The van der Waals surface area contributed by atoms with Gasteiger partial charge in [0.2, 0.25) is 5.75 Å². The van der Waals surface area contributed by atoms with Gasteiger partial charge in [0, 0.05) is 116 Å². The van der Waals surface area contributed by atoms with Crippen molar-refractivity contribution in [1.29, 1.82) is 0 Å². The van der Waals surface area contributed by atoms with Crippen molar-refractivity contribution in [1.82, 2.24) is 9.97 Å². The molecular formula is C28H148N4O3. The molecule has 2 unspecified atom stereocenters. The lowest BCUT2D eigenvalue weighted by atomic mass is 9.72. The molecule has 35 heavy (non-hydrogen) atoms. The predicted molar refractivity (Wildman–Crippen MR) is 254 cm³/mol. The summed E-state index contributed by atoms with van der Waals surface area (Å²) >= 11 is 0. The molecule has 2 atom stereocenters. The Morgan fingerprint density at radius 3 is 2.60 bits per heavy atom. The van der Waals surface area contributed by atoms with Crippen LogP contribution in [0.1, 0.15) is 160 Å². The van der Waals surface area contributed by atoms with Crippen molar-refractivity contribution < 1.29 is 95.7 Å². The van der Waals surface area contributed by atoms with E-state index in [-0.39, 0.29) is 91.7 Å². The van der Waals surface area contributed by atoms with Gasteiger partial charge in [-0.1, -0.05) is 27.7 Å². The fourth-order valence-electron chi connectivity index (χ4n) is 5.72. The van der Waals surface area contributed by atoms with Gasteiger partial charge in [-0.15, -0.1) is 0 Å². The molecule has 1 fully saturated rings. The lowest BCUT2D eigenvalue weighted by molar-refractivity contribution is 0.0800. The van der Waals surface area contributed by atoms with Gasteiger partial charge >= 0.3 is 0 Å². The highest BCUT2D eigenvalue weighted by Gasteiger charge is 2.60. The Morgan fingerprint density at radius 1 is 1.40 bits per heavy atom. The second kappa shape index (κ2) is 8.32. The molecule has 0 spiro atoms. The molecule has 1 aliphatic carbocycles. The SMILES string of the molecule is [2H][2H].[2H][2H].[2H]c1nc(N)[nH]c(=NC)c1C(C)(C)c1cc(OC)c(OCC)c2c1C(C)=C(C)C(C)(C1CC1(C)C)O2.[HH].[HH].[HH].[HH].[HH].[HH].[HH].[HH].[HH].[HH].[HH].[HH].[HH].[HH].[HH].[HH].[HH].[HH].[HH].[HH].[HH].[HH].[HH].[HH].[HH].[HH].[HH].[HH].[HH].[HH].[HH].[HH].[HH].[HH].[HH].[HH].[HH].[HH].[HH].[HH].[HH].[HH].[HH].[HH].[HH].[HH].[HH].[HH].[HH].[HH].[HH].[HH]. The average molecular weight is 595 g/mol. The third kappa shape index (κ3) is 3.80. The Bertz CT molecular complexity index is 1410. The maximum absolute atomic E-state index is 8.70. The standard InChI is InChI=1S/C28H40N4O3.54H2/c1-11-34-22-19(33-10)12-17(27(6,7)18-14-31-25(29)32-24(18)30-9)21-15(2)16(3)28(8,35-23(21)22)20-13-26(20,4)5;;;;;;;;;;;;;;;;;;;;;;;;;;;;;;;;;;;;;;;;;;;;;;;;;;;;;;/h12,14,20H,11,13H2,1-10H3,(H3,29,30,31,32);54*1H/i14D;2*1+1D;;;;;;;;;;;;;;;;;;;;;;;;;;;;;;;;;;;;;;;;;;;;;;;;;;;;. The second-order valence-electron chi connectivity index (χ2n) is 11.1.